The third-order valence-corrected chi connectivity index (χ3v) is 3.03. The molecule has 1 fully saturated rings. The predicted octanol–water partition coefficient (Wildman–Crippen LogP) is 2.36. The molecule has 0 radical (unpaired) electrons. The van der Waals surface area contributed by atoms with Crippen LogP contribution in [-0.4, -0.2) is 30.0 Å². The number of nitrogens with zero attached hydrogens (tertiary/aromatic N) is 2. The Morgan fingerprint density at radius 2 is 2.07 bits per heavy atom. The van der Waals surface area contributed by atoms with Crippen molar-refractivity contribution in [2.24, 2.45) is 0 Å². The molecule has 0 aromatic carbocycles. The molecule has 5 heteroatoms. The van der Waals surface area contributed by atoms with Crippen LogP contribution in [0.15, 0.2) is 6.20 Å². The molecule has 0 saturated carbocycles. The zero-order valence-electron chi connectivity index (χ0n) is 9.13. The highest BCUT2D eigenvalue weighted by Gasteiger charge is 2.18. The summed E-state index contributed by atoms with van der Waals surface area (Å²) in [4.78, 5) is 0. The van der Waals surface area contributed by atoms with Crippen LogP contribution in [0.3, 0.4) is 0 Å². The molecule has 0 atom stereocenters. The van der Waals surface area contributed by atoms with Gasteiger partial charge in [0.05, 0.1) is 19.4 Å². The Morgan fingerprint density at radius 1 is 1.47 bits per heavy atom. The van der Waals surface area contributed by atoms with Crippen molar-refractivity contribution in [3.8, 4) is 0 Å². The maximum atomic E-state index is 9.50. The zero-order valence-corrected chi connectivity index (χ0v) is 9.89. The molecule has 1 saturated heterocycles. The van der Waals surface area contributed by atoms with Gasteiger partial charge in [-0.05, 0) is 32.9 Å². The van der Waals surface area contributed by atoms with E-state index in [9.17, 15) is 4.39 Å². The molecule has 1 aliphatic rings. The fourth-order valence-electron chi connectivity index (χ4n) is 1.74. The first-order valence-electron chi connectivity index (χ1n) is 5.07. The third kappa shape index (κ3) is 2.92. The summed E-state index contributed by atoms with van der Waals surface area (Å²) < 4.78 is 11.5. The van der Waals surface area contributed by atoms with Crippen LogP contribution in [0.5, 0.6) is 0 Å². The second-order valence-corrected chi connectivity index (χ2v) is 3.90. The van der Waals surface area contributed by atoms with E-state index in [1.54, 1.807) is 0 Å². The summed E-state index contributed by atoms with van der Waals surface area (Å²) in [6.45, 7) is 4.13. The summed E-state index contributed by atoms with van der Waals surface area (Å²) in [7, 11) is 0.500. The van der Waals surface area contributed by atoms with Gasteiger partial charge in [-0.2, -0.15) is 5.10 Å². The number of hydrogen-bond donors (Lipinski definition) is 1. The van der Waals surface area contributed by atoms with Gasteiger partial charge in [0.1, 0.15) is 5.15 Å². The van der Waals surface area contributed by atoms with Crippen LogP contribution >= 0.6 is 11.6 Å². The molecule has 3 nitrogen and oxygen atoms in total. The number of alkyl halides is 1. The molecule has 1 aromatic rings. The minimum atomic E-state index is 0.488. The van der Waals surface area contributed by atoms with E-state index in [1.165, 1.54) is 0 Å². The standard InChI is InChI=1S/C9H14ClN3.CH3F/c1-7-6-12-13(9(7)10)8-2-4-11-5-3-8;1-2/h6,8,11H,2-5H2,1H3;1H3. The Kier molecular flexibility index (Phi) is 5.05. The molecule has 0 spiro atoms. The van der Waals surface area contributed by atoms with Crippen molar-refractivity contribution in [2.75, 3.05) is 20.3 Å². The maximum Gasteiger partial charge on any atom is 0.130 e. The quantitative estimate of drug-likeness (QED) is 0.807. The maximum absolute atomic E-state index is 9.50. The Labute approximate surface area is 94.6 Å². The van der Waals surface area contributed by atoms with Crippen molar-refractivity contribution >= 4 is 11.6 Å². The summed E-state index contributed by atoms with van der Waals surface area (Å²) in [6, 6.07) is 0.488. The average Bonchev–Trinajstić information content (AvgIpc) is 2.64. The lowest BCUT2D eigenvalue weighted by molar-refractivity contribution is 0.343. The summed E-state index contributed by atoms with van der Waals surface area (Å²) >= 11 is 6.12. The fourth-order valence-corrected chi connectivity index (χ4v) is 1.97. The van der Waals surface area contributed by atoms with Crippen LogP contribution in [0.1, 0.15) is 24.4 Å². The molecule has 0 bridgehead atoms. The van der Waals surface area contributed by atoms with E-state index in [-0.39, 0.29) is 0 Å². The lowest BCUT2D eigenvalue weighted by atomic mass is 10.1. The highest BCUT2D eigenvalue weighted by atomic mass is 35.5. The summed E-state index contributed by atoms with van der Waals surface area (Å²) in [5.74, 6) is 0. The molecule has 2 heterocycles. The van der Waals surface area contributed by atoms with Gasteiger partial charge in [-0.15, -0.1) is 0 Å². The minimum absolute atomic E-state index is 0.488. The normalized spacial score (nSPS) is 17.1. The minimum Gasteiger partial charge on any atom is -0.317 e. The molecule has 15 heavy (non-hydrogen) atoms. The van der Waals surface area contributed by atoms with Gasteiger partial charge in [0.25, 0.3) is 0 Å². The molecule has 0 amide bonds. The molecule has 86 valence electrons. The lowest BCUT2D eigenvalue weighted by Crippen LogP contribution is -2.29. The zero-order chi connectivity index (χ0) is 11.3. The van der Waals surface area contributed by atoms with Crippen LogP contribution in [0.25, 0.3) is 0 Å². The first kappa shape index (κ1) is 12.5. The van der Waals surface area contributed by atoms with Crippen LogP contribution in [0.4, 0.5) is 4.39 Å². The van der Waals surface area contributed by atoms with E-state index in [0.29, 0.717) is 13.2 Å². The van der Waals surface area contributed by atoms with Crippen molar-refractivity contribution in [3.63, 3.8) is 0 Å². The lowest BCUT2D eigenvalue weighted by Gasteiger charge is -2.23. The van der Waals surface area contributed by atoms with Crippen LogP contribution in [-0.2, 0) is 0 Å². The molecule has 1 aromatic heterocycles. The second-order valence-electron chi connectivity index (χ2n) is 3.54. The van der Waals surface area contributed by atoms with Gasteiger partial charge in [0.2, 0.25) is 0 Å². The molecule has 1 N–H and O–H groups in total. The average molecular weight is 234 g/mol. The van der Waals surface area contributed by atoms with Gasteiger partial charge in [0.15, 0.2) is 0 Å². The van der Waals surface area contributed by atoms with Crippen molar-refractivity contribution < 1.29 is 4.39 Å². The van der Waals surface area contributed by atoms with Crippen molar-refractivity contribution in [1.82, 2.24) is 15.1 Å². The predicted molar refractivity (Wildman–Crippen MR) is 60.1 cm³/mol. The number of aromatic nitrogens is 2. The van der Waals surface area contributed by atoms with Gasteiger partial charge >= 0.3 is 0 Å². The van der Waals surface area contributed by atoms with Gasteiger partial charge in [-0.3, -0.25) is 9.07 Å². The summed E-state index contributed by atoms with van der Waals surface area (Å²) in [5.41, 5.74) is 1.07. The first-order valence-corrected chi connectivity index (χ1v) is 5.45. The van der Waals surface area contributed by atoms with Crippen molar-refractivity contribution in [3.05, 3.63) is 16.9 Å². The summed E-state index contributed by atoms with van der Waals surface area (Å²) in [5, 5.41) is 8.42. The molecule has 1 aliphatic heterocycles. The largest absolute Gasteiger partial charge is 0.317 e. The second kappa shape index (κ2) is 6.08. The Balaban J connectivity index is 0.000000531. The van der Waals surface area contributed by atoms with E-state index in [0.717, 1.165) is 36.6 Å². The molecule has 0 aliphatic carbocycles. The monoisotopic (exact) mass is 233 g/mol. The van der Waals surface area contributed by atoms with E-state index >= 15 is 0 Å². The Morgan fingerprint density at radius 3 is 2.53 bits per heavy atom. The number of hydrogen-bond acceptors (Lipinski definition) is 2. The van der Waals surface area contributed by atoms with Gasteiger partial charge in [-0.1, -0.05) is 11.6 Å². The number of halogens is 2. The van der Waals surface area contributed by atoms with E-state index in [2.05, 4.69) is 10.4 Å². The number of rotatable bonds is 1. The number of aryl methyl sites for hydroxylation is 1. The third-order valence-electron chi connectivity index (χ3n) is 2.56. The van der Waals surface area contributed by atoms with E-state index in [1.807, 2.05) is 17.8 Å². The van der Waals surface area contributed by atoms with Gasteiger partial charge < -0.3 is 5.32 Å². The highest BCUT2D eigenvalue weighted by Crippen LogP contribution is 2.24. The Hall–Kier alpha value is -0.610. The molecule has 0 unspecified atom stereocenters. The Bertz CT molecular complexity index is 295. The van der Waals surface area contributed by atoms with Crippen LogP contribution < -0.4 is 5.32 Å². The highest BCUT2D eigenvalue weighted by molar-refractivity contribution is 6.30. The van der Waals surface area contributed by atoms with Crippen LogP contribution in [0.2, 0.25) is 5.15 Å². The topological polar surface area (TPSA) is 29.9 Å². The number of piperidine rings is 1. The van der Waals surface area contributed by atoms with Gasteiger partial charge in [0, 0.05) is 5.56 Å². The molecule has 2 rings (SSSR count). The number of nitrogens with one attached hydrogen (secondary N) is 1. The summed E-state index contributed by atoms with van der Waals surface area (Å²) in [6.07, 6.45) is 4.09. The van der Waals surface area contributed by atoms with E-state index < -0.39 is 0 Å². The first-order chi connectivity index (χ1) is 7.29. The molecular formula is C10H17ClFN3. The molecular weight excluding hydrogens is 217 g/mol. The van der Waals surface area contributed by atoms with Crippen LogP contribution in [0, 0.1) is 6.92 Å². The van der Waals surface area contributed by atoms with Crippen molar-refractivity contribution in [1.29, 1.82) is 0 Å². The smallest absolute Gasteiger partial charge is 0.130 e. The SMILES string of the molecule is CF.Cc1cnn(C2CCNCC2)c1Cl. The van der Waals surface area contributed by atoms with Crippen molar-refractivity contribution in [2.45, 2.75) is 25.8 Å². The fraction of sp³-hybridized carbons (Fsp3) is 0.700. The van der Waals surface area contributed by atoms with Gasteiger partial charge in [-0.25, -0.2) is 0 Å². The van der Waals surface area contributed by atoms with E-state index in [4.69, 9.17) is 11.6 Å².